The number of halogens is 1. The van der Waals surface area contributed by atoms with Crippen LogP contribution in [0.3, 0.4) is 0 Å². The molecular formula is C8H11ClN4O. The number of aromatic nitrogens is 3. The zero-order valence-corrected chi connectivity index (χ0v) is 8.37. The van der Waals surface area contributed by atoms with E-state index in [9.17, 15) is 0 Å². The van der Waals surface area contributed by atoms with Crippen molar-refractivity contribution in [2.24, 2.45) is 5.92 Å². The number of ether oxygens (including phenoxy) is 1. The van der Waals surface area contributed by atoms with Crippen LogP contribution in [0.4, 0.5) is 5.82 Å². The van der Waals surface area contributed by atoms with Crippen molar-refractivity contribution in [3.63, 3.8) is 0 Å². The van der Waals surface area contributed by atoms with Crippen molar-refractivity contribution in [2.45, 2.75) is 6.42 Å². The molecule has 0 amide bonds. The maximum atomic E-state index is 5.59. The molecule has 1 aliphatic heterocycles. The van der Waals surface area contributed by atoms with Crippen LogP contribution < -0.4 is 5.32 Å². The van der Waals surface area contributed by atoms with E-state index in [1.54, 1.807) is 6.20 Å². The summed E-state index contributed by atoms with van der Waals surface area (Å²) in [4.78, 5) is 3.97. The molecule has 0 spiro atoms. The topological polar surface area (TPSA) is 59.9 Å². The Hall–Kier alpha value is -0.940. The standard InChI is InChI=1S/C8H11ClN4O/c9-8-12-7(4-11-13-8)10-3-6-1-2-14-5-6/h4,6H,1-3,5H2,(H,10,12,13). The third-order valence-electron chi connectivity index (χ3n) is 2.13. The predicted molar refractivity (Wildman–Crippen MR) is 52.3 cm³/mol. The van der Waals surface area contributed by atoms with E-state index in [1.165, 1.54) is 0 Å². The smallest absolute Gasteiger partial charge is 0.244 e. The van der Waals surface area contributed by atoms with E-state index in [0.717, 1.165) is 26.2 Å². The summed E-state index contributed by atoms with van der Waals surface area (Å²) >= 11 is 5.59. The Kier molecular flexibility index (Phi) is 3.10. The van der Waals surface area contributed by atoms with Gasteiger partial charge in [0, 0.05) is 19.1 Å². The van der Waals surface area contributed by atoms with Gasteiger partial charge in [-0.25, -0.2) is 0 Å². The number of rotatable bonds is 3. The highest BCUT2D eigenvalue weighted by Gasteiger charge is 2.15. The van der Waals surface area contributed by atoms with E-state index in [1.807, 2.05) is 0 Å². The average molecular weight is 215 g/mol. The van der Waals surface area contributed by atoms with Crippen LogP contribution in [0.5, 0.6) is 0 Å². The van der Waals surface area contributed by atoms with Crippen LogP contribution in [-0.4, -0.2) is 34.9 Å². The molecule has 76 valence electrons. The van der Waals surface area contributed by atoms with Crippen LogP contribution in [0.25, 0.3) is 0 Å². The van der Waals surface area contributed by atoms with Gasteiger partial charge in [-0.05, 0) is 18.0 Å². The number of hydrogen-bond donors (Lipinski definition) is 1. The zero-order valence-electron chi connectivity index (χ0n) is 7.61. The predicted octanol–water partition coefficient (Wildman–Crippen LogP) is 0.973. The molecule has 1 unspecified atom stereocenters. The lowest BCUT2D eigenvalue weighted by atomic mass is 10.1. The fourth-order valence-electron chi connectivity index (χ4n) is 1.36. The molecule has 1 fully saturated rings. The number of anilines is 1. The summed E-state index contributed by atoms with van der Waals surface area (Å²) in [6.45, 7) is 2.52. The Morgan fingerprint density at radius 3 is 3.29 bits per heavy atom. The lowest BCUT2D eigenvalue weighted by Crippen LogP contribution is -2.15. The molecule has 14 heavy (non-hydrogen) atoms. The van der Waals surface area contributed by atoms with Gasteiger partial charge in [0.25, 0.3) is 0 Å². The number of hydrogen-bond acceptors (Lipinski definition) is 5. The van der Waals surface area contributed by atoms with Crippen molar-refractivity contribution < 1.29 is 4.74 Å². The Labute approximate surface area is 86.8 Å². The summed E-state index contributed by atoms with van der Waals surface area (Å²) < 4.78 is 5.25. The maximum Gasteiger partial charge on any atom is 0.244 e. The molecule has 0 radical (unpaired) electrons. The van der Waals surface area contributed by atoms with Gasteiger partial charge in [0.2, 0.25) is 5.28 Å². The second-order valence-electron chi connectivity index (χ2n) is 3.22. The molecule has 5 nitrogen and oxygen atoms in total. The first kappa shape index (κ1) is 9.61. The molecule has 0 aliphatic carbocycles. The number of nitrogens with zero attached hydrogens (tertiary/aromatic N) is 3. The van der Waals surface area contributed by atoms with Crippen LogP contribution in [-0.2, 0) is 4.74 Å². The highest BCUT2D eigenvalue weighted by Crippen LogP contribution is 2.13. The number of nitrogens with one attached hydrogen (secondary N) is 1. The van der Waals surface area contributed by atoms with Gasteiger partial charge in [0.05, 0.1) is 12.8 Å². The van der Waals surface area contributed by atoms with Crippen molar-refractivity contribution in [3.05, 3.63) is 11.5 Å². The van der Waals surface area contributed by atoms with Crippen molar-refractivity contribution in [1.29, 1.82) is 0 Å². The van der Waals surface area contributed by atoms with E-state index < -0.39 is 0 Å². The molecule has 0 aromatic carbocycles. The monoisotopic (exact) mass is 214 g/mol. The van der Waals surface area contributed by atoms with E-state index >= 15 is 0 Å². The minimum Gasteiger partial charge on any atom is -0.381 e. The van der Waals surface area contributed by atoms with Gasteiger partial charge in [-0.1, -0.05) is 0 Å². The molecule has 2 rings (SSSR count). The fourth-order valence-corrected chi connectivity index (χ4v) is 1.49. The highest BCUT2D eigenvalue weighted by molar-refractivity contribution is 6.28. The van der Waals surface area contributed by atoms with Crippen LogP contribution in [0, 0.1) is 5.92 Å². The second kappa shape index (κ2) is 4.52. The first-order valence-electron chi connectivity index (χ1n) is 4.51. The van der Waals surface area contributed by atoms with Gasteiger partial charge in [-0.3, -0.25) is 0 Å². The first-order valence-corrected chi connectivity index (χ1v) is 4.89. The first-order chi connectivity index (χ1) is 6.84. The summed E-state index contributed by atoms with van der Waals surface area (Å²) in [6.07, 6.45) is 2.65. The summed E-state index contributed by atoms with van der Waals surface area (Å²) in [5.74, 6) is 1.22. The van der Waals surface area contributed by atoms with Crippen molar-refractivity contribution in [3.8, 4) is 0 Å². The molecule has 1 aromatic heterocycles. The lowest BCUT2D eigenvalue weighted by Gasteiger charge is -2.08. The molecule has 1 aliphatic rings. The average Bonchev–Trinajstić information content (AvgIpc) is 2.67. The van der Waals surface area contributed by atoms with Gasteiger partial charge in [-0.2, -0.15) is 10.1 Å². The molecule has 2 heterocycles. The van der Waals surface area contributed by atoms with E-state index in [0.29, 0.717) is 11.7 Å². The summed E-state index contributed by atoms with van der Waals surface area (Å²) in [5, 5.41) is 10.6. The van der Waals surface area contributed by atoms with Gasteiger partial charge < -0.3 is 10.1 Å². The third-order valence-corrected chi connectivity index (χ3v) is 2.29. The van der Waals surface area contributed by atoms with Crippen LogP contribution in [0.15, 0.2) is 6.20 Å². The Morgan fingerprint density at radius 1 is 1.64 bits per heavy atom. The van der Waals surface area contributed by atoms with E-state index in [-0.39, 0.29) is 5.28 Å². The molecule has 1 N–H and O–H groups in total. The van der Waals surface area contributed by atoms with Gasteiger partial charge in [0.1, 0.15) is 5.82 Å². The van der Waals surface area contributed by atoms with Crippen LogP contribution in [0.2, 0.25) is 5.28 Å². The molecule has 1 atom stereocenters. The maximum absolute atomic E-state index is 5.59. The molecular weight excluding hydrogens is 204 g/mol. The summed E-state index contributed by atoms with van der Waals surface area (Å²) in [6, 6.07) is 0. The lowest BCUT2D eigenvalue weighted by molar-refractivity contribution is 0.187. The molecule has 0 saturated carbocycles. The second-order valence-corrected chi connectivity index (χ2v) is 3.56. The van der Waals surface area contributed by atoms with Gasteiger partial charge in [0.15, 0.2) is 0 Å². The van der Waals surface area contributed by atoms with E-state index in [4.69, 9.17) is 16.3 Å². The molecule has 0 bridgehead atoms. The third kappa shape index (κ3) is 2.52. The largest absolute Gasteiger partial charge is 0.381 e. The van der Waals surface area contributed by atoms with E-state index in [2.05, 4.69) is 20.5 Å². The summed E-state index contributed by atoms with van der Waals surface area (Å²) in [7, 11) is 0. The zero-order chi connectivity index (χ0) is 9.80. The van der Waals surface area contributed by atoms with Crippen LogP contribution >= 0.6 is 11.6 Å². The Morgan fingerprint density at radius 2 is 2.57 bits per heavy atom. The summed E-state index contributed by atoms with van der Waals surface area (Å²) in [5.41, 5.74) is 0. The van der Waals surface area contributed by atoms with Gasteiger partial charge in [-0.15, -0.1) is 5.10 Å². The minimum absolute atomic E-state index is 0.165. The molecule has 6 heteroatoms. The molecule has 1 saturated heterocycles. The van der Waals surface area contributed by atoms with Gasteiger partial charge >= 0.3 is 0 Å². The van der Waals surface area contributed by atoms with Crippen LogP contribution in [0.1, 0.15) is 6.42 Å². The van der Waals surface area contributed by atoms with Crippen molar-refractivity contribution in [1.82, 2.24) is 15.2 Å². The Balaban J connectivity index is 1.85. The van der Waals surface area contributed by atoms with Crippen molar-refractivity contribution in [2.75, 3.05) is 25.1 Å². The van der Waals surface area contributed by atoms with Crippen molar-refractivity contribution >= 4 is 17.4 Å². The fraction of sp³-hybridized carbons (Fsp3) is 0.625. The SMILES string of the molecule is Clc1nncc(NCC2CCOC2)n1. The highest BCUT2D eigenvalue weighted by atomic mass is 35.5. The molecule has 1 aromatic rings. The normalized spacial score (nSPS) is 21.1. The quantitative estimate of drug-likeness (QED) is 0.813. The Bertz CT molecular complexity index is 303. The minimum atomic E-state index is 0.165.